The van der Waals surface area contributed by atoms with Crippen LogP contribution in [0.25, 0.3) is 0 Å². The lowest BCUT2D eigenvalue weighted by Gasteiger charge is -2.04. The Morgan fingerprint density at radius 2 is 2.08 bits per heavy atom. The van der Waals surface area contributed by atoms with Gasteiger partial charge in [0.05, 0.1) is 6.61 Å². The second-order valence-corrected chi connectivity index (χ2v) is 2.54. The minimum Gasteiger partial charge on any atom is -0.494 e. The highest BCUT2D eigenvalue weighted by Crippen LogP contribution is 2.18. The molecule has 1 atom stereocenters. The number of halogens is 1. The summed E-state index contributed by atoms with van der Waals surface area (Å²) in [5.74, 6) is 0.685. The third kappa shape index (κ3) is 2.54. The van der Waals surface area contributed by atoms with Gasteiger partial charge in [0.2, 0.25) is 0 Å². The molecule has 0 bridgehead atoms. The fourth-order valence-corrected chi connectivity index (χ4v) is 0.993. The molecule has 70 valence electrons. The van der Waals surface area contributed by atoms with Gasteiger partial charge in [0, 0.05) is 0 Å². The number of aldehydes is 1. The second kappa shape index (κ2) is 4.60. The normalized spacial score (nSPS) is 12.2. The summed E-state index contributed by atoms with van der Waals surface area (Å²) < 4.78 is 17.9. The predicted molar refractivity (Wildman–Crippen MR) is 47.5 cm³/mol. The molecular formula is C10H11FO2. The number of benzene rings is 1. The number of carbonyl (C=O) groups is 1. The summed E-state index contributed by atoms with van der Waals surface area (Å²) in [6, 6.07) is 6.39. The molecule has 0 fully saturated rings. The van der Waals surface area contributed by atoms with Gasteiger partial charge >= 0.3 is 0 Å². The van der Waals surface area contributed by atoms with Crippen LogP contribution in [-0.2, 0) is 4.79 Å². The molecule has 0 aliphatic carbocycles. The van der Waals surface area contributed by atoms with Gasteiger partial charge in [-0.3, -0.25) is 4.79 Å². The van der Waals surface area contributed by atoms with Gasteiger partial charge < -0.3 is 4.74 Å². The molecular weight excluding hydrogens is 171 g/mol. The quantitative estimate of drug-likeness (QED) is 0.668. The van der Waals surface area contributed by atoms with E-state index >= 15 is 0 Å². The minimum atomic E-state index is -1.53. The number of carbonyl (C=O) groups excluding carboxylic acids is 1. The molecule has 3 heteroatoms. The highest BCUT2D eigenvalue weighted by atomic mass is 19.1. The molecule has 0 spiro atoms. The summed E-state index contributed by atoms with van der Waals surface area (Å²) in [4.78, 5) is 10.1. The van der Waals surface area contributed by atoms with Crippen molar-refractivity contribution in [3.05, 3.63) is 29.8 Å². The van der Waals surface area contributed by atoms with E-state index in [0.717, 1.165) is 0 Å². The zero-order valence-electron chi connectivity index (χ0n) is 7.37. The van der Waals surface area contributed by atoms with Crippen molar-refractivity contribution in [2.24, 2.45) is 0 Å². The van der Waals surface area contributed by atoms with Crippen LogP contribution < -0.4 is 4.74 Å². The van der Waals surface area contributed by atoms with Gasteiger partial charge in [-0.2, -0.15) is 0 Å². The summed E-state index contributed by atoms with van der Waals surface area (Å²) in [5.41, 5.74) is 0.360. The van der Waals surface area contributed by atoms with Crippen molar-refractivity contribution in [3.8, 4) is 5.75 Å². The Bertz CT molecular complexity index is 269. The lowest BCUT2D eigenvalue weighted by atomic mass is 10.1. The van der Waals surface area contributed by atoms with Crippen LogP contribution in [0.5, 0.6) is 5.75 Å². The van der Waals surface area contributed by atoms with Gasteiger partial charge in [-0.25, -0.2) is 4.39 Å². The van der Waals surface area contributed by atoms with Crippen molar-refractivity contribution in [2.75, 3.05) is 6.61 Å². The van der Waals surface area contributed by atoms with Crippen molar-refractivity contribution in [3.63, 3.8) is 0 Å². The Labute approximate surface area is 76.3 Å². The van der Waals surface area contributed by atoms with Crippen LogP contribution in [0.1, 0.15) is 18.7 Å². The molecule has 1 aromatic rings. The molecule has 13 heavy (non-hydrogen) atoms. The fourth-order valence-electron chi connectivity index (χ4n) is 0.993. The molecule has 0 amide bonds. The lowest BCUT2D eigenvalue weighted by molar-refractivity contribution is -0.112. The van der Waals surface area contributed by atoms with Crippen LogP contribution in [-0.4, -0.2) is 12.9 Å². The van der Waals surface area contributed by atoms with Crippen molar-refractivity contribution in [1.29, 1.82) is 0 Å². The van der Waals surface area contributed by atoms with E-state index in [1.54, 1.807) is 24.3 Å². The van der Waals surface area contributed by atoms with Gasteiger partial charge in [-0.15, -0.1) is 0 Å². The first-order chi connectivity index (χ1) is 6.27. The number of hydrogen-bond acceptors (Lipinski definition) is 2. The van der Waals surface area contributed by atoms with Crippen LogP contribution in [0.2, 0.25) is 0 Å². The lowest BCUT2D eigenvalue weighted by Crippen LogP contribution is -1.94. The van der Waals surface area contributed by atoms with Gasteiger partial charge in [0.25, 0.3) is 0 Å². The zero-order chi connectivity index (χ0) is 9.68. The highest BCUT2D eigenvalue weighted by molar-refractivity contribution is 5.59. The third-order valence-corrected chi connectivity index (χ3v) is 1.63. The molecule has 0 aliphatic rings. The maximum atomic E-state index is 12.8. The molecule has 1 unspecified atom stereocenters. The molecule has 1 aromatic carbocycles. The fraction of sp³-hybridized carbons (Fsp3) is 0.300. The largest absolute Gasteiger partial charge is 0.494 e. The first-order valence-corrected chi connectivity index (χ1v) is 4.10. The van der Waals surface area contributed by atoms with Crippen LogP contribution in [0.15, 0.2) is 24.3 Å². The van der Waals surface area contributed by atoms with E-state index in [9.17, 15) is 9.18 Å². The van der Waals surface area contributed by atoms with Crippen LogP contribution in [0.4, 0.5) is 4.39 Å². The van der Waals surface area contributed by atoms with Crippen molar-refractivity contribution < 1.29 is 13.9 Å². The molecule has 0 radical (unpaired) electrons. The van der Waals surface area contributed by atoms with E-state index in [0.29, 0.717) is 17.9 Å². The molecule has 0 aromatic heterocycles. The van der Waals surface area contributed by atoms with Crippen molar-refractivity contribution >= 4 is 6.29 Å². The smallest absolute Gasteiger partial charge is 0.180 e. The molecule has 0 saturated carbocycles. The summed E-state index contributed by atoms with van der Waals surface area (Å²) in [6.07, 6.45) is -1.26. The Morgan fingerprint density at radius 1 is 1.46 bits per heavy atom. The molecule has 2 nitrogen and oxygen atoms in total. The monoisotopic (exact) mass is 182 g/mol. The predicted octanol–water partition coefficient (Wildman–Crippen LogP) is 2.29. The van der Waals surface area contributed by atoms with E-state index < -0.39 is 6.17 Å². The number of hydrogen-bond donors (Lipinski definition) is 0. The number of ether oxygens (including phenoxy) is 1. The standard InChI is InChI=1S/C10H11FO2/c1-2-13-9-5-3-8(4-6-9)10(11)7-12/h3-7,10H,2H2,1H3. The Hall–Kier alpha value is -1.38. The first kappa shape index (κ1) is 9.71. The number of rotatable bonds is 4. The average Bonchev–Trinajstić information content (AvgIpc) is 2.18. The van der Waals surface area contributed by atoms with Crippen molar-refractivity contribution in [1.82, 2.24) is 0 Å². The van der Waals surface area contributed by atoms with Crippen LogP contribution in [0, 0.1) is 0 Å². The summed E-state index contributed by atoms with van der Waals surface area (Å²) in [7, 11) is 0. The maximum absolute atomic E-state index is 12.8. The number of alkyl halides is 1. The molecule has 0 saturated heterocycles. The van der Waals surface area contributed by atoms with E-state index in [4.69, 9.17) is 4.74 Å². The Balaban J connectivity index is 2.74. The molecule has 0 heterocycles. The van der Waals surface area contributed by atoms with Gasteiger partial charge in [0.1, 0.15) is 5.75 Å². The van der Waals surface area contributed by atoms with E-state index in [-0.39, 0.29) is 6.29 Å². The SMILES string of the molecule is CCOc1ccc(C(F)C=O)cc1. The molecule has 0 N–H and O–H groups in total. The van der Waals surface area contributed by atoms with Crippen molar-refractivity contribution in [2.45, 2.75) is 13.1 Å². The second-order valence-electron chi connectivity index (χ2n) is 2.54. The Kier molecular flexibility index (Phi) is 3.43. The maximum Gasteiger partial charge on any atom is 0.180 e. The molecule has 0 aliphatic heterocycles. The zero-order valence-corrected chi connectivity index (χ0v) is 7.37. The van der Waals surface area contributed by atoms with Gasteiger partial charge in [-0.05, 0) is 24.6 Å². The van der Waals surface area contributed by atoms with Gasteiger partial charge in [0.15, 0.2) is 12.5 Å². The summed E-state index contributed by atoms with van der Waals surface area (Å²) in [6.45, 7) is 2.45. The Morgan fingerprint density at radius 3 is 2.54 bits per heavy atom. The minimum absolute atomic E-state index is 0.273. The summed E-state index contributed by atoms with van der Waals surface area (Å²) >= 11 is 0. The topological polar surface area (TPSA) is 26.3 Å². The third-order valence-electron chi connectivity index (χ3n) is 1.63. The van der Waals surface area contributed by atoms with E-state index in [1.165, 1.54) is 0 Å². The van der Waals surface area contributed by atoms with Crippen LogP contribution in [0.3, 0.4) is 0 Å². The summed E-state index contributed by atoms with van der Waals surface area (Å²) in [5, 5.41) is 0. The van der Waals surface area contributed by atoms with Gasteiger partial charge in [-0.1, -0.05) is 12.1 Å². The first-order valence-electron chi connectivity index (χ1n) is 4.10. The van der Waals surface area contributed by atoms with E-state index in [2.05, 4.69) is 0 Å². The molecule has 1 rings (SSSR count). The average molecular weight is 182 g/mol. The highest BCUT2D eigenvalue weighted by Gasteiger charge is 2.06. The van der Waals surface area contributed by atoms with E-state index in [1.807, 2.05) is 6.92 Å². The van der Waals surface area contributed by atoms with Crippen LogP contribution >= 0.6 is 0 Å².